The summed E-state index contributed by atoms with van der Waals surface area (Å²) in [6.07, 6.45) is 0.0855. The number of hydrogen-bond donors (Lipinski definition) is 1. The third-order valence-corrected chi connectivity index (χ3v) is 5.15. The largest absolute Gasteiger partial charge is 0.452 e. The summed E-state index contributed by atoms with van der Waals surface area (Å²) in [5, 5.41) is 5.45. The number of hydrogen-bond acceptors (Lipinski definition) is 5. The van der Waals surface area contributed by atoms with Gasteiger partial charge < -0.3 is 10.1 Å². The fraction of sp³-hybridized carbons (Fsp3) is 0.227. The van der Waals surface area contributed by atoms with Crippen molar-refractivity contribution >= 4 is 28.9 Å². The van der Waals surface area contributed by atoms with Crippen LogP contribution in [0.4, 0.5) is 5.69 Å². The predicted octanol–water partition coefficient (Wildman–Crippen LogP) is 4.49. The Hall–Kier alpha value is -2.99. The summed E-state index contributed by atoms with van der Waals surface area (Å²) in [7, 11) is 0. The molecule has 3 aromatic rings. The molecule has 0 aliphatic heterocycles. The van der Waals surface area contributed by atoms with Crippen LogP contribution in [0.15, 0.2) is 60.0 Å². The van der Waals surface area contributed by atoms with Gasteiger partial charge in [0.2, 0.25) is 0 Å². The maximum Gasteiger partial charge on any atom is 0.312 e. The molecule has 0 bridgehead atoms. The number of nitrogens with zero attached hydrogens (tertiary/aromatic N) is 1. The van der Waals surface area contributed by atoms with Crippen molar-refractivity contribution in [1.82, 2.24) is 4.98 Å². The number of anilines is 1. The number of nitrogens with one attached hydrogen (secondary N) is 1. The molecule has 28 heavy (non-hydrogen) atoms. The lowest BCUT2D eigenvalue weighted by Crippen LogP contribution is -2.30. The summed E-state index contributed by atoms with van der Waals surface area (Å²) in [6, 6.07) is 17.4. The lowest BCUT2D eigenvalue weighted by Gasteiger charge is -2.13. The molecule has 0 spiro atoms. The zero-order valence-corrected chi connectivity index (χ0v) is 16.7. The first-order valence-corrected chi connectivity index (χ1v) is 10.0. The van der Waals surface area contributed by atoms with Crippen LogP contribution in [0.3, 0.4) is 0 Å². The van der Waals surface area contributed by atoms with E-state index in [1.165, 1.54) is 16.9 Å². The Labute approximate surface area is 168 Å². The van der Waals surface area contributed by atoms with Gasteiger partial charge in [-0.25, -0.2) is 4.98 Å². The Kier molecular flexibility index (Phi) is 6.55. The number of aryl methyl sites for hydroxylation is 1. The van der Waals surface area contributed by atoms with Gasteiger partial charge in [0, 0.05) is 16.6 Å². The van der Waals surface area contributed by atoms with Crippen molar-refractivity contribution in [1.29, 1.82) is 0 Å². The van der Waals surface area contributed by atoms with Gasteiger partial charge in [0.15, 0.2) is 6.10 Å². The minimum Gasteiger partial charge on any atom is -0.452 e. The predicted molar refractivity (Wildman–Crippen MR) is 111 cm³/mol. The fourth-order valence-corrected chi connectivity index (χ4v) is 3.44. The highest BCUT2D eigenvalue weighted by molar-refractivity contribution is 7.13. The van der Waals surface area contributed by atoms with Crippen LogP contribution in [0.1, 0.15) is 25.1 Å². The van der Waals surface area contributed by atoms with Crippen LogP contribution >= 0.6 is 11.3 Å². The van der Waals surface area contributed by atoms with Crippen LogP contribution in [0.2, 0.25) is 0 Å². The standard InChI is InChI=1S/C22H22N2O3S/c1-3-16-9-11-18(12-10-16)23-21(26)15(2)27-20(25)13-19-14-28-22(24-19)17-7-5-4-6-8-17/h4-12,14-15H,3,13H2,1-2H3,(H,23,26)/t15-/m1/s1. The van der Waals surface area contributed by atoms with Crippen LogP contribution in [0, 0.1) is 0 Å². The highest BCUT2D eigenvalue weighted by Crippen LogP contribution is 2.23. The number of carbonyl (C=O) groups excluding carboxylic acids is 2. The molecule has 1 N–H and O–H groups in total. The van der Waals surface area contributed by atoms with E-state index in [1.807, 2.05) is 60.0 Å². The zero-order valence-electron chi connectivity index (χ0n) is 15.8. The molecule has 0 saturated carbocycles. The summed E-state index contributed by atoms with van der Waals surface area (Å²) < 4.78 is 5.26. The number of rotatable bonds is 7. The third-order valence-electron chi connectivity index (χ3n) is 4.21. The Morgan fingerprint density at radius 1 is 1.11 bits per heavy atom. The number of amides is 1. The van der Waals surface area contributed by atoms with Gasteiger partial charge in [-0.15, -0.1) is 11.3 Å². The summed E-state index contributed by atoms with van der Waals surface area (Å²) in [6.45, 7) is 3.63. The van der Waals surface area contributed by atoms with E-state index in [4.69, 9.17) is 4.74 Å². The van der Waals surface area contributed by atoms with Crippen molar-refractivity contribution in [2.45, 2.75) is 32.8 Å². The van der Waals surface area contributed by atoms with Crippen molar-refractivity contribution < 1.29 is 14.3 Å². The average molecular weight is 394 g/mol. The number of aromatic nitrogens is 1. The molecular weight excluding hydrogens is 372 g/mol. The Morgan fingerprint density at radius 2 is 1.82 bits per heavy atom. The summed E-state index contributed by atoms with van der Waals surface area (Å²) in [5.41, 5.74) is 3.51. The number of ether oxygens (including phenoxy) is 1. The molecule has 144 valence electrons. The van der Waals surface area contributed by atoms with Crippen LogP contribution in [0.25, 0.3) is 10.6 Å². The molecular formula is C22H22N2O3S. The average Bonchev–Trinajstić information content (AvgIpc) is 3.17. The van der Waals surface area contributed by atoms with Gasteiger partial charge in [0.05, 0.1) is 12.1 Å². The SMILES string of the molecule is CCc1ccc(NC(=O)[C@@H](C)OC(=O)Cc2csc(-c3ccccc3)n2)cc1. The zero-order chi connectivity index (χ0) is 19.9. The second-order valence-electron chi connectivity index (χ2n) is 6.36. The van der Waals surface area contributed by atoms with Gasteiger partial charge >= 0.3 is 5.97 Å². The van der Waals surface area contributed by atoms with Crippen LogP contribution in [-0.2, 0) is 27.2 Å². The van der Waals surface area contributed by atoms with Gasteiger partial charge in [-0.1, -0.05) is 49.4 Å². The molecule has 1 heterocycles. The van der Waals surface area contributed by atoms with Crippen LogP contribution in [0.5, 0.6) is 0 Å². The molecule has 6 heteroatoms. The summed E-state index contributed by atoms with van der Waals surface area (Å²) in [5.74, 6) is -0.838. The molecule has 5 nitrogen and oxygen atoms in total. The summed E-state index contributed by atoms with van der Waals surface area (Å²) >= 11 is 1.48. The molecule has 0 radical (unpaired) electrons. The molecule has 2 aromatic carbocycles. The van der Waals surface area contributed by atoms with E-state index in [9.17, 15) is 9.59 Å². The fourth-order valence-electron chi connectivity index (χ4n) is 2.61. The van der Waals surface area contributed by atoms with Crippen molar-refractivity contribution in [3.8, 4) is 10.6 Å². The monoisotopic (exact) mass is 394 g/mol. The van der Waals surface area contributed by atoms with E-state index in [1.54, 1.807) is 6.92 Å². The minimum absolute atomic E-state index is 0.0339. The maximum atomic E-state index is 12.2. The molecule has 0 fully saturated rings. The van der Waals surface area contributed by atoms with Crippen LogP contribution in [-0.4, -0.2) is 23.0 Å². The lowest BCUT2D eigenvalue weighted by molar-refractivity contribution is -0.152. The normalized spacial score (nSPS) is 11.6. The molecule has 0 unspecified atom stereocenters. The first-order valence-electron chi connectivity index (χ1n) is 9.14. The van der Waals surface area contributed by atoms with Crippen molar-refractivity contribution in [3.05, 3.63) is 71.2 Å². The van der Waals surface area contributed by atoms with Gasteiger partial charge in [0.25, 0.3) is 5.91 Å². The first kappa shape index (κ1) is 19.8. The second-order valence-corrected chi connectivity index (χ2v) is 7.22. The Balaban J connectivity index is 1.52. The number of carbonyl (C=O) groups is 2. The highest BCUT2D eigenvalue weighted by Gasteiger charge is 2.19. The van der Waals surface area contributed by atoms with Gasteiger partial charge in [-0.3, -0.25) is 9.59 Å². The van der Waals surface area contributed by atoms with Crippen molar-refractivity contribution in [2.75, 3.05) is 5.32 Å². The molecule has 0 aliphatic rings. The van der Waals surface area contributed by atoms with Crippen molar-refractivity contribution in [2.24, 2.45) is 0 Å². The molecule has 3 rings (SSSR count). The first-order chi connectivity index (χ1) is 13.5. The quantitative estimate of drug-likeness (QED) is 0.600. The highest BCUT2D eigenvalue weighted by atomic mass is 32.1. The van der Waals surface area contributed by atoms with E-state index in [0.29, 0.717) is 11.4 Å². The van der Waals surface area contributed by atoms with Crippen LogP contribution < -0.4 is 5.32 Å². The van der Waals surface area contributed by atoms with Gasteiger partial charge in [-0.2, -0.15) is 0 Å². The maximum absolute atomic E-state index is 12.2. The Bertz CT molecular complexity index is 936. The van der Waals surface area contributed by atoms with E-state index >= 15 is 0 Å². The van der Waals surface area contributed by atoms with E-state index < -0.39 is 12.1 Å². The molecule has 0 aliphatic carbocycles. The van der Waals surface area contributed by atoms with Crippen molar-refractivity contribution in [3.63, 3.8) is 0 Å². The minimum atomic E-state index is -0.884. The molecule has 1 atom stereocenters. The number of benzene rings is 2. The topological polar surface area (TPSA) is 68.3 Å². The van der Waals surface area contributed by atoms with E-state index in [0.717, 1.165) is 17.0 Å². The Morgan fingerprint density at radius 3 is 2.50 bits per heavy atom. The van der Waals surface area contributed by atoms with E-state index in [2.05, 4.69) is 17.2 Å². The second kappa shape index (κ2) is 9.28. The number of esters is 1. The molecule has 1 amide bonds. The third kappa shape index (κ3) is 5.27. The number of thiazole rings is 1. The van der Waals surface area contributed by atoms with E-state index in [-0.39, 0.29) is 12.3 Å². The molecule has 1 aromatic heterocycles. The lowest BCUT2D eigenvalue weighted by atomic mass is 10.1. The van der Waals surface area contributed by atoms with Gasteiger partial charge in [0.1, 0.15) is 5.01 Å². The summed E-state index contributed by atoms with van der Waals surface area (Å²) in [4.78, 5) is 28.9. The molecule has 0 saturated heterocycles. The smallest absolute Gasteiger partial charge is 0.312 e. The van der Waals surface area contributed by atoms with Gasteiger partial charge in [-0.05, 0) is 31.0 Å².